The summed E-state index contributed by atoms with van der Waals surface area (Å²) >= 11 is 0. The van der Waals surface area contributed by atoms with Gasteiger partial charge in [-0.15, -0.1) is 0 Å². The summed E-state index contributed by atoms with van der Waals surface area (Å²) in [5.41, 5.74) is 2.68. The third kappa shape index (κ3) is 4.41. The van der Waals surface area contributed by atoms with E-state index in [2.05, 4.69) is 24.0 Å². The fourth-order valence-corrected chi connectivity index (χ4v) is 4.18. The lowest BCUT2D eigenvalue weighted by molar-refractivity contribution is 0.0954. The molecule has 1 fully saturated rings. The number of likely N-dealkylation sites (tertiary alicyclic amines) is 1. The lowest BCUT2D eigenvalue weighted by Crippen LogP contribution is -2.47. The van der Waals surface area contributed by atoms with Gasteiger partial charge < -0.3 is 14.1 Å². The second kappa shape index (κ2) is 9.18. The monoisotopic (exact) mass is 404 g/mol. The van der Waals surface area contributed by atoms with Gasteiger partial charge in [0.1, 0.15) is 11.5 Å². The Labute approximate surface area is 177 Å². The predicted octanol–water partition coefficient (Wildman–Crippen LogP) is 4.91. The number of benzene rings is 2. The SMILES string of the molecule is COc1ccccc1C(=O)N(c1cccc(C)c1)C1CCN(Cc2ccco2)CC1. The summed E-state index contributed by atoms with van der Waals surface area (Å²) in [6.07, 6.45) is 3.54. The lowest BCUT2D eigenvalue weighted by Gasteiger charge is -2.38. The van der Waals surface area contributed by atoms with Crippen molar-refractivity contribution < 1.29 is 13.9 Å². The minimum Gasteiger partial charge on any atom is -0.496 e. The molecule has 0 atom stereocenters. The number of piperidine rings is 1. The Morgan fingerprint density at radius 2 is 1.90 bits per heavy atom. The van der Waals surface area contributed by atoms with E-state index in [0.29, 0.717) is 11.3 Å². The highest BCUT2D eigenvalue weighted by Crippen LogP contribution is 2.29. The molecule has 1 aliphatic rings. The lowest BCUT2D eigenvalue weighted by atomic mass is 10.00. The average molecular weight is 405 g/mol. The van der Waals surface area contributed by atoms with Gasteiger partial charge in [0.2, 0.25) is 0 Å². The van der Waals surface area contributed by atoms with Gasteiger partial charge in [0.25, 0.3) is 5.91 Å². The molecule has 0 radical (unpaired) electrons. The quantitative estimate of drug-likeness (QED) is 0.586. The van der Waals surface area contributed by atoms with E-state index < -0.39 is 0 Å². The maximum absolute atomic E-state index is 13.7. The highest BCUT2D eigenvalue weighted by molar-refractivity contribution is 6.08. The Hall–Kier alpha value is -3.05. The Morgan fingerprint density at radius 3 is 2.60 bits per heavy atom. The molecule has 0 saturated carbocycles. The summed E-state index contributed by atoms with van der Waals surface area (Å²) in [6, 6.07) is 19.7. The van der Waals surface area contributed by atoms with Crippen molar-refractivity contribution in [2.45, 2.75) is 32.4 Å². The standard InChI is InChI=1S/C25H28N2O3/c1-19-7-5-8-21(17-19)27(25(28)23-10-3-4-11-24(23)29-2)20-12-14-26(15-13-20)18-22-9-6-16-30-22/h3-11,16-17,20H,12-15,18H2,1-2H3. The molecular weight excluding hydrogens is 376 g/mol. The third-order valence-electron chi connectivity index (χ3n) is 5.72. The number of aryl methyl sites for hydroxylation is 1. The molecule has 3 aromatic rings. The van der Waals surface area contributed by atoms with Crippen molar-refractivity contribution >= 4 is 11.6 Å². The number of nitrogens with zero attached hydrogens (tertiary/aromatic N) is 2. The van der Waals surface area contributed by atoms with Crippen LogP contribution in [0.4, 0.5) is 5.69 Å². The van der Waals surface area contributed by atoms with Gasteiger partial charge in [-0.2, -0.15) is 0 Å². The van der Waals surface area contributed by atoms with E-state index in [9.17, 15) is 4.79 Å². The van der Waals surface area contributed by atoms with Crippen LogP contribution in [-0.2, 0) is 6.54 Å². The van der Waals surface area contributed by atoms with Gasteiger partial charge in [0.05, 0.1) is 25.5 Å². The zero-order chi connectivity index (χ0) is 20.9. The van der Waals surface area contributed by atoms with Crippen LogP contribution in [0.5, 0.6) is 5.75 Å². The summed E-state index contributed by atoms with van der Waals surface area (Å²) in [7, 11) is 1.61. The first kappa shape index (κ1) is 20.2. The van der Waals surface area contributed by atoms with Crippen LogP contribution >= 0.6 is 0 Å². The molecule has 4 rings (SSSR count). The van der Waals surface area contributed by atoms with Crippen LogP contribution in [0.15, 0.2) is 71.3 Å². The molecule has 0 bridgehead atoms. The average Bonchev–Trinajstić information content (AvgIpc) is 3.28. The Kier molecular flexibility index (Phi) is 6.19. The van der Waals surface area contributed by atoms with Crippen LogP contribution in [0.3, 0.4) is 0 Å². The van der Waals surface area contributed by atoms with Gasteiger partial charge in [0.15, 0.2) is 0 Å². The van der Waals surface area contributed by atoms with Crippen LogP contribution in [0, 0.1) is 6.92 Å². The van der Waals surface area contributed by atoms with Crippen molar-refractivity contribution in [1.29, 1.82) is 0 Å². The third-order valence-corrected chi connectivity index (χ3v) is 5.72. The number of amides is 1. The van der Waals surface area contributed by atoms with Crippen molar-refractivity contribution in [2.75, 3.05) is 25.1 Å². The molecule has 0 N–H and O–H groups in total. The number of methoxy groups -OCH3 is 1. The molecule has 5 heteroatoms. The van der Waals surface area contributed by atoms with Gasteiger partial charge in [-0.25, -0.2) is 0 Å². The normalized spacial score (nSPS) is 15.1. The van der Waals surface area contributed by atoms with Gasteiger partial charge in [-0.1, -0.05) is 24.3 Å². The predicted molar refractivity (Wildman–Crippen MR) is 118 cm³/mol. The van der Waals surface area contributed by atoms with E-state index in [1.54, 1.807) is 13.4 Å². The summed E-state index contributed by atoms with van der Waals surface area (Å²) in [4.78, 5) is 18.0. The van der Waals surface area contributed by atoms with Crippen molar-refractivity contribution in [2.24, 2.45) is 0 Å². The molecule has 0 aliphatic carbocycles. The Balaban J connectivity index is 1.58. The molecule has 5 nitrogen and oxygen atoms in total. The zero-order valence-electron chi connectivity index (χ0n) is 17.6. The molecular formula is C25H28N2O3. The minimum absolute atomic E-state index is 0.0115. The highest BCUT2D eigenvalue weighted by Gasteiger charge is 2.31. The molecule has 30 heavy (non-hydrogen) atoms. The molecule has 1 aromatic heterocycles. The fourth-order valence-electron chi connectivity index (χ4n) is 4.18. The number of carbonyl (C=O) groups is 1. The van der Waals surface area contributed by atoms with Crippen molar-refractivity contribution in [1.82, 2.24) is 4.90 Å². The number of anilines is 1. The Morgan fingerprint density at radius 1 is 1.10 bits per heavy atom. The minimum atomic E-state index is -0.0115. The van der Waals surface area contributed by atoms with Crippen LogP contribution < -0.4 is 9.64 Å². The topological polar surface area (TPSA) is 45.9 Å². The second-order valence-corrected chi connectivity index (χ2v) is 7.80. The van der Waals surface area contributed by atoms with E-state index in [-0.39, 0.29) is 11.9 Å². The van der Waals surface area contributed by atoms with Gasteiger partial charge in [-0.05, 0) is 61.7 Å². The summed E-state index contributed by atoms with van der Waals surface area (Å²) < 4.78 is 11.0. The number of furan rings is 1. The Bertz CT molecular complexity index is 976. The molecule has 1 amide bonds. The smallest absolute Gasteiger partial charge is 0.262 e. The van der Waals surface area contributed by atoms with E-state index in [1.807, 2.05) is 53.4 Å². The first-order valence-electron chi connectivity index (χ1n) is 10.4. The number of carbonyl (C=O) groups excluding carboxylic acids is 1. The molecule has 1 saturated heterocycles. The van der Waals surface area contributed by atoms with Gasteiger partial charge in [0, 0.05) is 24.8 Å². The largest absolute Gasteiger partial charge is 0.496 e. The van der Waals surface area contributed by atoms with Crippen LogP contribution in [-0.4, -0.2) is 37.0 Å². The van der Waals surface area contributed by atoms with E-state index in [1.165, 1.54) is 0 Å². The maximum Gasteiger partial charge on any atom is 0.262 e. The number of hydrogen-bond acceptors (Lipinski definition) is 4. The number of para-hydroxylation sites is 1. The molecule has 156 valence electrons. The summed E-state index contributed by atoms with van der Waals surface area (Å²) in [5, 5.41) is 0. The van der Waals surface area contributed by atoms with E-state index >= 15 is 0 Å². The second-order valence-electron chi connectivity index (χ2n) is 7.80. The molecule has 1 aliphatic heterocycles. The molecule has 0 spiro atoms. The summed E-state index contributed by atoms with van der Waals surface area (Å²) in [6.45, 7) is 4.71. The number of rotatable bonds is 6. The number of hydrogen-bond donors (Lipinski definition) is 0. The molecule has 0 unspecified atom stereocenters. The van der Waals surface area contributed by atoms with E-state index in [0.717, 1.165) is 49.5 Å². The first-order chi connectivity index (χ1) is 14.7. The molecule has 2 heterocycles. The van der Waals surface area contributed by atoms with E-state index in [4.69, 9.17) is 9.15 Å². The fraction of sp³-hybridized carbons (Fsp3) is 0.320. The van der Waals surface area contributed by atoms with Crippen LogP contribution in [0.2, 0.25) is 0 Å². The zero-order valence-corrected chi connectivity index (χ0v) is 17.6. The first-order valence-corrected chi connectivity index (χ1v) is 10.4. The molecule has 2 aromatic carbocycles. The summed E-state index contributed by atoms with van der Waals surface area (Å²) in [5.74, 6) is 1.58. The highest BCUT2D eigenvalue weighted by atomic mass is 16.5. The van der Waals surface area contributed by atoms with Crippen molar-refractivity contribution in [3.8, 4) is 5.75 Å². The van der Waals surface area contributed by atoms with Gasteiger partial charge >= 0.3 is 0 Å². The van der Waals surface area contributed by atoms with Crippen LogP contribution in [0.1, 0.15) is 34.5 Å². The van der Waals surface area contributed by atoms with Crippen molar-refractivity contribution in [3.63, 3.8) is 0 Å². The number of ether oxygens (including phenoxy) is 1. The van der Waals surface area contributed by atoms with Crippen molar-refractivity contribution in [3.05, 3.63) is 83.8 Å². The maximum atomic E-state index is 13.7. The van der Waals surface area contributed by atoms with Gasteiger partial charge in [-0.3, -0.25) is 9.69 Å². The van der Waals surface area contributed by atoms with Crippen LogP contribution in [0.25, 0.3) is 0 Å².